The molecule has 1 heterocycles. The number of hydrogen-bond donors (Lipinski definition) is 1. The van der Waals surface area contributed by atoms with Gasteiger partial charge in [-0.3, -0.25) is 4.98 Å². The summed E-state index contributed by atoms with van der Waals surface area (Å²) in [5.74, 6) is -1.11. The molecule has 3 rings (SSSR count). The van der Waals surface area contributed by atoms with Gasteiger partial charge in [-0.05, 0) is 42.9 Å². The Bertz CT molecular complexity index is 766. The molecule has 0 saturated carbocycles. The van der Waals surface area contributed by atoms with Crippen molar-refractivity contribution >= 4 is 10.9 Å². The van der Waals surface area contributed by atoms with Crippen molar-refractivity contribution in [2.45, 2.75) is 6.04 Å². The van der Waals surface area contributed by atoms with Crippen molar-refractivity contribution in [3.05, 3.63) is 77.5 Å². The monoisotopic (exact) mass is 284 g/mol. The second-order valence-electron chi connectivity index (χ2n) is 4.81. The number of fused-ring (bicyclic) bond motifs is 1. The van der Waals surface area contributed by atoms with Crippen LogP contribution < -0.4 is 5.32 Å². The number of aromatic nitrogens is 1. The molecule has 0 radical (unpaired) electrons. The molecule has 4 heteroatoms. The van der Waals surface area contributed by atoms with E-state index in [2.05, 4.69) is 10.3 Å². The van der Waals surface area contributed by atoms with Crippen molar-refractivity contribution in [3.8, 4) is 0 Å². The predicted molar refractivity (Wildman–Crippen MR) is 79.0 cm³/mol. The minimum Gasteiger partial charge on any atom is -0.309 e. The van der Waals surface area contributed by atoms with Crippen LogP contribution >= 0.6 is 0 Å². The molecule has 106 valence electrons. The molecule has 1 atom stereocenters. The SMILES string of the molecule is CNC(c1ccc2ncccc2c1)c1c(F)cccc1F. The van der Waals surface area contributed by atoms with E-state index in [1.165, 1.54) is 18.2 Å². The number of rotatable bonds is 3. The van der Waals surface area contributed by atoms with Crippen molar-refractivity contribution < 1.29 is 8.78 Å². The molecule has 0 spiro atoms. The molecular weight excluding hydrogens is 270 g/mol. The Balaban J connectivity index is 2.14. The van der Waals surface area contributed by atoms with Crippen LogP contribution in [-0.4, -0.2) is 12.0 Å². The fourth-order valence-electron chi connectivity index (χ4n) is 2.54. The number of pyridine rings is 1. The standard InChI is InChI=1S/C17H14F2N2/c1-20-17(16-13(18)5-2-6-14(16)19)12-7-8-15-11(10-12)4-3-9-21-15/h2-10,17,20H,1H3. The summed E-state index contributed by atoms with van der Waals surface area (Å²) in [6, 6.07) is 12.7. The lowest BCUT2D eigenvalue weighted by molar-refractivity contribution is 0.522. The van der Waals surface area contributed by atoms with Crippen LogP contribution in [0.15, 0.2) is 54.7 Å². The summed E-state index contributed by atoms with van der Waals surface area (Å²) in [6.07, 6.45) is 1.72. The summed E-state index contributed by atoms with van der Waals surface area (Å²) in [7, 11) is 1.68. The van der Waals surface area contributed by atoms with Gasteiger partial charge in [0, 0.05) is 17.1 Å². The first-order valence-electron chi connectivity index (χ1n) is 6.66. The van der Waals surface area contributed by atoms with E-state index in [1.54, 1.807) is 13.2 Å². The molecule has 1 aromatic heterocycles. The zero-order valence-corrected chi connectivity index (χ0v) is 11.5. The van der Waals surface area contributed by atoms with Crippen LogP contribution in [-0.2, 0) is 0 Å². The average molecular weight is 284 g/mol. The number of nitrogens with zero attached hydrogens (tertiary/aromatic N) is 1. The van der Waals surface area contributed by atoms with Crippen molar-refractivity contribution in [2.24, 2.45) is 0 Å². The van der Waals surface area contributed by atoms with Gasteiger partial charge in [-0.25, -0.2) is 8.78 Å². The highest BCUT2D eigenvalue weighted by Crippen LogP contribution is 2.28. The van der Waals surface area contributed by atoms with E-state index in [1.807, 2.05) is 30.3 Å². The normalized spacial score (nSPS) is 12.5. The highest BCUT2D eigenvalue weighted by atomic mass is 19.1. The van der Waals surface area contributed by atoms with Crippen LogP contribution in [0.3, 0.4) is 0 Å². The molecule has 0 fully saturated rings. The largest absolute Gasteiger partial charge is 0.309 e. The van der Waals surface area contributed by atoms with Crippen LogP contribution in [0.5, 0.6) is 0 Å². The highest BCUT2D eigenvalue weighted by Gasteiger charge is 2.20. The molecule has 0 bridgehead atoms. The quantitative estimate of drug-likeness (QED) is 0.791. The van der Waals surface area contributed by atoms with Gasteiger partial charge >= 0.3 is 0 Å². The van der Waals surface area contributed by atoms with Crippen LogP contribution in [0, 0.1) is 11.6 Å². The zero-order valence-electron chi connectivity index (χ0n) is 11.5. The molecule has 0 saturated heterocycles. The first kappa shape index (κ1) is 13.6. The first-order valence-corrected chi connectivity index (χ1v) is 6.66. The summed E-state index contributed by atoms with van der Waals surface area (Å²) in [5.41, 5.74) is 1.68. The highest BCUT2D eigenvalue weighted by molar-refractivity contribution is 5.79. The Hall–Kier alpha value is -2.33. The lowest BCUT2D eigenvalue weighted by Crippen LogP contribution is -2.20. The average Bonchev–Trinajstić information content (AvgIpc) is 2.50. The minimum atomic E-state index is -0.555. The number of nitrogens with one attached hydrogen (secondary N) is 1. The number of benzene rings is 2. The summed E-state index contributed by atoms with van der Waals surface area (Å²) in [6.45, 7) is 0. The fourth-order valence-corrected chi connectivity index (χ4v) is 2.54. The molecule has 0 aliphatic rings. The predicted octanol–water partition coefficient (Wildman–Crippen LogP) is 3.82. The molecular formula is C17H14F2N2. The van der Waals surface area contributed by atoms with Gasteiger partial charge in [-0.1, -0.05) is 18.2 Å². The molecule has 3 aromatic rings. The zero-order chi connectivity index (χ0) is 14.8. The van der Waals surface area contributed by atoms with E-state index in [4.69, 9.17) is 0 Å². The van der Waals surface area contributed by atoms with Crippen LogP contribution in [0.1, 0.15) is 17.2 Å². The lowest BCUT2D eigenvalue weighted by atomic mass is 9.96. The Morgan fingerprint density at radius 1 is 1.00 bits per heavy atom. The van der Waals surface area contributed by atoms with Gasteiger partial charge in [0.25, 0.3) is 0 Å². The summed E-state index contributed by atoms with van der Waals surface area (Å²) in [5, 5.41) is 3.92. The third-order valence-corrected chi connectivity index (χ3v) is 3.54. The van der Waals surface area contributed by atoms with Crippen molar-refractivity contribution in [1.82, 2.24) is 10.3 Å². The number of halogens is 2. The molecule has 2 aromatic carbocycles. The van der Waals surface area contributed by atoms with Crippen LogP contribution in [0.25, 0.3) is 10.9 Å². The van der Waals surface area contributed by atoms with E-state index >= 15 is 0 Å². The van der Waals surface area contributed by atoms with E-state index in [0.717, 1.165) is 16.5 Å². The van der Waals surface area contributed by atoms with Gasteiger partial charge < -0.3 is 5.32 Å². The van der Waals surface area contributed by atoms with Crippen LogP contribution in [0.4, 0.5) is 8.78 Å². The van der Waals surface area contributed by atoms with E-state index in [9.17, 15) is 8.78 Å². The third-order valence-electron chi connectivity index (χ3n) is 3.54. The van der Waals surface area contributed by atoms with Gasteiger partial charge in [0.1, 0.15) is 11.6 Å². The molecule has 0 aliphatic carbocycles. The summed E-state index contributed by atoms with van der Waals surface area (Å²) < 4.78 is 28.0. The summed E-state index contributed by atoms with van der Waals surface area (Å²) >= 11 is 0. The van der Waals surface area contributed by atoms with Gasteiger partial charge in [0.05, 0.1) is 11.6 Å². The van der Waals surface area contributed by atoms with Gasteiger partial charge in [0.2, 0.25) is 0 Å². The second-order valence-corrected chi connectivity index (χ2v) is 4.81. The molecule has 21 heavy (non-hydrogen) atoms. The van der Waals surface area contributed by atoms with Crippen LogP contribution in [0.2, 0.25) is 0 Å². The van der Waals surface area contributed by atoms with Gasteiger partial charge in [0.15, 0.2) is 0 Å². The smallest absolute Gasteiger partial charge is 0.131 e. The Kier molecular flexibility index (Phi) is 3.62. The molecule has 1 unspecified atom stereocenters. The van der Waals surface area contributed by atoms with Crippen molar-refractivity contribution in [3.63, 3.8) is 0 Å². The maximum Gasteiger partial charge on any atom is 0.131 e. The summed E-state index contributed by atoms with van der Waals surface area (Å²) in [4.78, 5) is 4.25. The first-order chi connectivity index (χ1) is 10.2. The number of hydrogen-bond acceptors (Lipinski definition) is 2. The lowest BCUT2D eigenvalue weighted by Gasteiger charge is -2.19. The van der Waals surface area contributed by atoms with Crippen molar-refractivity contribution in [2.75, 3.05) is 7.05 Å². The Morgan fingerprint density at radius 2 is 1.76 bits per heavy atom. The van der Waals surface area contributed by atoms with E-state index in [0.29, 0.717) is 0 Å². The fraction of sp³-hybridized carbons (Fsp3) is 0.118. The third kappa shape index (κ3) is 2.50. The van der Waals surface area contributed by atoms with E-state index < -0.39 is 17.7 Å². The van der Waals surface area contributed by atoms with E-state index in [-0.39, 0.29) is 5.56 Å². The minimum absolute atomic E-state index is 0.0308. The second kappa shape index (κ2) is 5.58. The Morgan fingerprint density at radius 3 is 2.48 bits per heavy atom. The molecule has 0 amide bonds. The molecule has 2 nitrogen and oxygen atoms in total. The molecule has 1 N–H and O–H groups in total. The van der Waals surface area contributed by atoms with Crippen molar-refractivity contribution in [1.29, 1.82) is 0 Å². The van der Waals surface area contributed by atoms with Gasteiger partial charge in [-0.15, -0.1) is 0 Å². The van der Waals surface area contributed by atoms with Gasteiger partial charge in [-0.2, -0.15) is 0 Å². The Labute approximate surface area is 121 Å². The molecule has 0 aliphatic heterocycles. The maximum absolute atomic E-state index is 14.0. The topological polar surface area (TPSA) is 24.9 Å². The maximum atomic E-state index is 14.0.